The molecule has 9 nitrogen and oxygen atoms in total. The molecule has 0 bridgehead atoms. The molecular formula is C26H33N5O4. The van der Waals surface area contributed by atoms with Crippen LogP contribution < -0.4 is 20.3 Å². The van der Waals surface area contributed by atoms with Gasteiger partial charge in [-0.2, -0.15) is 10.2 Å². The molecule has 1 saturated heterocycles. The van der Waals surface area contributed by atoms with Gasteiger partial charge in [0.05, 0.1) is 49.5 Å². The number of anilines is 1. The van der Waals surface area contributed by atoms with Gasteiger partial charge in [0, 0.05) is 30.3 Å². The van der Waals surface area contributed by atoms with Gasteiger partial charge in [0.1, 0.15) is 30.1 Å². The number of hydrogen-bond acceptors (Lipinski definition) is 8. The molecule has 35 heavy (non-hydrogen) atoms. The second-order valence-electron chi connectivity index (χ2n) is 8.66. The van der Waals surface area contributed by atoms with E-state index in [1.807, 2.05) is 51.4 Å². The van der Waals surface area contributed by atoms with E-state index < -0.39 is 0 Å². The van der Waals surface area contributed by atoms with Crippen molar-refractivity contribution in [3.05, 3.63) is 59.3 Å². The first-order valence-electron chi connectivity index (χ1n) is 11.4. The van der Waals surface area contributed by atoms with E-state index in [0.29, 0.717) is 42.4 Å². The summed E-state index contributed by atoms with van der Waals surface area (Å²) in [5, 5.41) is 11.8. The molecular weight excluding hydrogens is 446 g/mol. The molecule has 0 N–H and O–H groups in total. The Bertz CT molecular complexity index is 1210. The molecule has 1 fully saturated rings. The fourth-order valence-electron chi connectivity index (χ4n) is 3.24. The molecule has 0 spiro atoms. The number of pyridine rings is 1. The third-order valence-corrected chi connectivity index (χ3v) is 5.27. The first kappa shape index (κ1) is 25.9. The van der Waals surface area contributed by atoms with E-state index in [0.717, 1.165) is 17.2 Å². The molecule has 2 aromatic rings. The Kier molecular flexibility index (Phi) is 8.97. The van der Waals surface area contributed by atoms with E-state index in [2.05, 4.69) is 28.7 Å². The number of allylic oxidation sites excluding steroid dienone is 3. The molecule has 3 rings (SSSR count). The zero-order valence-corrected chi connectivity index (χ0v) is 20.8. The lowest BCUT2D eigenvalue weighted by atomic mass is 9.90. The third-order valence-electron chi connectivity index (χ3n) is 5.27. The molecule has 0 unspecified atom stereocenters. The molecule has 2 aromatic heterocycles. The number of aryl methyl sites for hydroxylation is 1. The molecule has 0 amide bonds. The number of aromatic nitrogens is 3. The molecule has 0 radical (unpaired) electrons. The van der Waals surface area contributed by atoms with Crippen LogP contribution in [0.25, 0.3) is 12.7 Å². The van der Waals surface area contributed by atoms with E-state index in [1.165, 1.54) is 0 Å². The average Bonchev–Trinajstić information content (AvgIpc) is 3.26. The molecule has 0 aromatic carbocycles. The van der Waals surface area contributed by atoms with Crippen molar-refractivity contribution in [3.8, 4) is 5.75 Å². The first-order valence-corrected chi connectivity index (χ1v) is 11.4. The lowest BCUT2D eigenvalue weighted by Gasteiger charge is -2.37. The number of hydrazone groups is 1. The number of nitrogens with zero attached hydrogens (tertiary/aromatic N) is 5. The lowest BCUT2D eigenvalue weighted by Crippen LogP contribution is -2.44. The largest absolute Gasteiger partial charge is 0.491 e. The number of carbonyl (C=O) groups is 1. The van der Waals surface area contributed by atoms with Gasteiger partial charge in [0.25, 0.3) is 0 Å². The van der Waals surface area contributed by atoms with Crippen LogP contribution in [-0.2, 0) is 21.3 Å². The Morgan fingerprint density at radius 1 is 1.37 bits per heavy atom. The van der Waals surface area contributed by atoms with E-state index >= 15 is 0 Å². The van der Waals surface area contributed by atoms with Crippen molar-refractivity contribution in [1.82, 2.24) is 14.8 Å². The summed E-state index contributed by atoms with van der Waals surface area (Å²) in [6.07, 6.45) is 13.5. The van der Waals surface area contributed by atoms with Crippen molar-refractivity contribution >= 4 is 30.3 Å². The van der Waals surface area contributed by atoms with Gasteiger partial charge in [-0.3, -0.25) is 9.67 Å². The van der Waals surface area contributed by atoms with Crippen LogP contribution in [0.1, 0.15) is 27.2 Å². The molecule has 0 aliphatic carbocycles. The van der Waals surface area contributed by atoms with Crippen LogP contribution in [0.4, 0.5) is 5.69 Å². The van der Waals surface area contributed by atoms with Crippen molar-refractivity contribution < 1.29 is 19.0 Å². The van der Waals surface area contributed by atoms with Crippen LogP contribution in [0, 0.1) is 5.41 Å². The molecule has 1 aliphatic rings. The fraction of sp³-hybridized carbons (Fsp3) is 0.385. The molecule has 1 aliphatic heterocycles. The van der Waals surface area contributed by atoms with Crippen molar-refractivity contribution in [2.24, 2.45) is 17.6 Å². The number of rotatable bonds is 12. The monoisotopic (exact) mass is 479 g/mol. The Morgan fingerprint density at radius 2 is 2.17 bits per heavy atom. The van der Waals surface area contributed by atoms with Gasteiger partial charge in [-0.1, -0.05) is 19.6 Å². The second kappa shape index (κ2) is 12.1. The summed E-state index contributed by atoms with van der Waals surface area (Å²) in [7, 11) is 1.83. The summed E-state index contributed by atoms with van der Waals surface area (Å²) in [6.45, 7) is 12.0. The van der Waals surface area contributed by atoms with Gasteiger partial charge in [-0.15, -0.1) is 0 Å². The SMILES string of the molecule is C=c1ncc(OCC2(C)COC2)cc1=CC(=CC)OCC(CC=O)=NN(C=CC)c1cnn(C)c1. The van der Waals surface area contributed by atoms with E-state index in [1.54, 1.807) is 28.3 Å². The standard InChI is InChI=1S/C26H33N5O4/c1-6-9-31(23-13-28-30(5)15-23)29-22(8-10-32)16-34-24(7-2)11-21-12-25(14-27-20(21)3)35-19-26(4)17-33-18-26/h6-7,9-15H,3,8,16-19H2,1-2,4-5H3. The molecule has 186 valence electrons. The highest BCUT2D eigenvalue weighted by atomic mass is 16.5. The van der Waals surface area contributed by atoms with Crippen LogP contribution in [0.2, 0.25) is 0 Å². The average molecular weight is 480 g/mol. The van der Waals surface area contributed by atoms with Gasteiger partial charge in [0.15, 0.2) is 0 Å². The van der Waals surface area contributed by atoms with Gasteiger partial charge in [-0.25, -0.2) is 5.01 Å². The number of aldehydes is 1. The predicted octanol–water partition coefficient (Wildman–Crippen LogP) is 2.33. The van der Waals surface area contributed by atoms with Crippen LogP contribution in [0.3, 0.4) is 0 Å². The van der Waals surface area contributed by atoms with Crippen LogP contribution in [0.15, 0.2) is 53.9 Å². The summed E-state index contributed by atoms with van der Waals surface area (Å²) >= 11 is 0. The minimum absolute atomic E-state index is 0.0373. The predicted molar refractivity (Wildman–Crippen MR) is 136 cm³/mol. The summed E-state index contributed by atoms with van der Waals surface area (Å²) in [6, 6.07) is 1.89. The maximum atomic E-state index is 11.3. The van der Waals surface area contributed by atoms with Crippen molar-refractivity contribution in [3.63, 3.8) is 0 Å². The molecule has 3 heterocycles. The van der Waals surface area contributed by atoms with Gasteiger partial charge in [-0.05, 0) is 32.1 Å². The van der Waals surface area contributed by atoms with Crippen LogP contribution >= 0.6 is 0 Å². The van der Waals surface area contributed by atoms with Gasteiger partial charge >= 0.3 is 0 Å². The normalized spacial score (nSPS) is 16.3. The second-order valence-corrected chi connectivity index (χ2v) is 8.66. The van der Waals surface area contributed by atoms with Crippen LogP contribution in [-0.4, -0.2) is 53.2 Å². The quantitative estimate of drug-likeness (QED) is 0.200. The Balaban J connectivity index is 1.75. The highest BCUT2D eigenvalue weighted by Crippen LogP contribution is 2.27. The zero-order chi connectivity index (χ0) is 25.3. The fourth-order valence-corrected chi connectivity index (χ4v) is 3.24. The maximum Gasteiger partial charge on any atom is 0.138 e. The van der Waals surface area contributed by atoms with E-state index in [4.69, 9.17) is 14.2 Å². The van der Waals surface area contributed by atoms with Gasteiger partial charge < -0.3 is 19.0 Å². The minimum atomic E-state index is 0.0373. The van der Waals surface area contributed by atoms with E-state index in [-0.39, 0.29) is 18.4 Å². The van der Waals surface area contributed by atoms with Crippen LogP contribution in [0.5, 0.6) is 5.75 Å². The topological polar surface area (TPSA) is 91.1 Å². The first-order chi connectivity index (χ1) is 16.9. The molecule has 0 saturated carbocycles. The van der Waals surface area contributed by atoms with Crippen molar-refractivity contribution in [2.75, 3.05) is 31.4 Å². The smallest absolute Gasteiger partial charge is 0.138 e. The minimum Gasteiger partial charge on any atom is -0.491 e. The summed E-state index contributed by atoms with van der Waals surface area (Å²) in [5.41, 5.74) is 1.38. The maximum absolute atomic E-state index is 11.3. The third kappa shape index (κ3) is 7.38. The van der Waals surface area contributed by atoms with Gasteiger partial charge in [0.2, 0.25) is 0 Å². The lowest BCUT2D eigenvalue weighted by molar-refractivity contribution is -0.120. The number of carbonyl (C=O) groups excluding carboxylic acids is 1. The van der Waals surface area contributed by atoms with Crippen molar-refractivity contribution in [2.45, 2.75) is 27.2 Å². The Morgan fingerprint density at radius 3 is 2.77 bits per heavy atom. The highest BCUT2D eigenvalue weighted by Gasteiger charge is 2.34. The summed E-state index contributed by atoms with van der Waals surface area (Å²) in [5.74, 6) is 1.26. The number of ether oxygens (including phenoxy) is 3. The molecule has 9 heteroatoms. The molecule has 0 atom stereocenters. The summed E-state index contributed by atoms with van der Waals surface area (Å²) in [4.78, 5) is 15.6. The Labute approximate surface area is 205 Å². The Hall–Kier alpha value is -3.72. The highest BCUT2D eigenvalue weighted by molar-refractivity contribution is 5.95. The van der Waals surface area contributed by atoms with E-state index in [9.17, 15) is 4.79 Å². The van der Waals surface area contributed by atoms with Crippen molar-refractivity contribution in [1.29, 1.82) is 0 Å². The summed E-state index contributed by atoms with van der Waals surface area (Å²) < 4.78 is 18.9. The number of hydrogen-bond donors (Lipinski definition) is 0. The zero-order valence-electron chi connectivity index (χ0n) is 20.8.